The molecule has 0 unspecified atom stereocenters. The average Bonchev–Trinajstić information content (AvgIpc) is 2.52. The number of carbonyl (C=O) groups is 1. The van der Waals surface area contributed by atoms with Gasteiger partial charge in [-0.05, 0) is 25.0 Å². The number of amides is 1. The third-order valence-corrected chi connectivity index (χ3v) is 4.67. The Kier molecular flexibility index (Phi) is 4.32. The largest absolute Gasteiger partial charge is 0.336 e. The molecule has 0 spiro atoms. The first kappa shape index (κ1) is 15.9. The van der Waals surface area contributed by atoms with Crippen LogP contribution < -0.4 is 4.72 Å². The van der Waals surface area contributed by atoms with Gasteiger partial charge in [0.2, 0.25) is 10.0 Å². The maximum Gasteiger partial charge on any atom is 0.272 e. The van der Waals surface area contributed by atoms with Crippen molar-refractivity contribution >= 4 is 26.8 Å². The number of carbonyl (C=O) groups excluding carboxylic acids is 1. The number of nitrogens with zero attached hydrogens (tertiary/aromatic N) is 2. The van der Waals surface area contributed by atoms with E-state index in [2.05, 4.69) is 9.71 Å². The van der Waals surface area contributed by atoms with E-state index in [4.69, 9.17) is 0 Å². The summed E-state index contributed by atoms with van der Waals surface area (Å²) < 4.78 is 25.3. The lowest BCUT2D eigenvalue weighted by Crippen LogP contribution is -2.49. The van der Waals surface area contributed by atoms with Gasteiger partial charge in [-0.15, -0.1) is 0 Å². The molecule has 23 heavy (non-hydrogen) atoms. The maximum absolute atomic E-state index is 12.6. The van der Waals surface area contributed by atoms with Crippen LogP contribution in [0.4, 0.5) is 0 Å². The summed E-state index contributed by atoms with van der Waals surface area (Å²) in [5.41, 5.74) is 1.17. The van der Waals surface area contributed by atoms with E-state index >= 15 is 0 Å². The molecule has 6 nitrogen and oxygen atoms in total. The summed E-state index contributed by atoms with van der Waals surface area (Å²) in [5, 5.41) is 0.985. The maximum atomic E-state index is 12.6. The molecule has 3 rings (SSSR count). The zero-order chi connectivity index (χ0) is 16.4. The van der Waals surface area contributed by atoms with Gasteiger partial charge in [0.25, 0.3) is 5.91 Å². The molecule has 1 aliphatic rings. The first-order chi connectivity index (χ1) is 10.9. The van der Waals surface area contributed by atoms with Crippen molar-refractivity contribution in [2.45, 2.75) is 18.9 Å². The number of hydrogen-bond acceptors (Lipinski definition) is 4. The lowest BCUT2D eigenvalue weighted by molar-refractivity contribution is 0.0697. The summed E-state index contributed by atoms with van der Waals surface area (Å²) in [6.07, 6.45) is 2.65. The van der Waals surface area contributed by atoms with E-state index in [1.165, 1.54) is 0 Å². The number of hydrogen-bond donors (Lipinski definition) is 1. The molecule has 1 N–H and O–H groups in total. The van der Waals surface area contributed by atoms with Gasteiger partial charge in [-0.1, -0.05) is 24.3 Å². The number of likely N-dealkylation sites (tertiary alicyclic amines) is 1. The molecule has 0 aliphatic carbocycles. The minimum atomic E-state index is -3.27. The molecular formula is C16H19N3O3S. The van der Waals surface area contributed by atoms with Crippen LogP contribution in [-0.4, -0.2) is 49.6 Å². The Balaban J connectivity index is 1.78. The third kappa shape index (κ3) is 3.86. The topological polar surface area (TPSA) is 79.4 Å². The van der Waals surface area contributed by atoms with Crippen molar-refractivity contribution in [2.75, 3.05) is 19.3 Å². The van der Waals surface area contributed by atoms with Crippen LogP contribution in [0.3, 0.4) is 0 Å². The van der Waals surface area contributed by atoms with Crippen LogP contribution in [0.1, 0.15) is 23.3 Å². The van der Waals surface area contributed by atoms with Crippen molar-refractivity contribution < 1.29 is 13.2 Å². The van der Waals surface area contributed by atoms with Crippen LogP contribution in [0.5, 0.6) is 0 Å². The molecular weight excluding hydrogens is 314 g/mol. The molecule has 7 heteroatoms. The van der Waals surface area contributed by atoms with Gasteiger partial charge < -0.3 is 4.90 Å². The Morgan fingerprint density at radius 1 is 1.26 bits per heavy atom. The fourth-order valence-corrected chi connectivity index (χ4v) is 3.71. The summed E-state index contributed by atoms with van der Waals surface area (Å²) in [4.78, 5) is 18.7. The zero-order valence-corrected chi connectivity index (χ0v) is 13.7. The van der Waals surface area contributed by atoms with Crippen LogP contribution in [0.15, 0.2) is 36.4 Å². The summed E-state index contributed by atoms with van der Waals surface area (Å²) in [7, 11) is -3.27. The number of rotatable bonds is 3. The molecule has 1 saturated heterocycles. The second kappa shape index (κ2) is 6.25. The number of nitrogens with one attached hydrogen (secondary N) is 1. The van der Waals surface area contributed by atoms with E-state index in [1.54, 1.807) is 11.0 Å². The zero-order valence-electron chi connectivity index (χ0n) is 12.9. The van der Waals surface area contributed by atoms with Crippen molar-refractivity contribution in [2.24, 2.45) is 0 Å². The number of sulfonamides is 1. The molecule has 0 bridgehead atoms. The van der Waals surface area contributed by atoms with E-state index in [9.17, 15) is 13.2 Å². The van der Waals surface area contributed by atoms with Crippen LogP contribution in [-0.2, 0) is 10.0 Å². The molecule has 122 valence electrons. The van der Waals surface area contributed by atoms with Crippen molar-refractivity contribution in [3.8, 4) is 0 Å². The number of para-hydroxylation sites is 1. The number of pyridine rings is 1. The van der Waals surface area contributed by atoms with E-state index in [-0.39, 0.29) is 11.9 Å². The molecule has 1 aromatic heterocycles. The molecule has 1 atom stereocenters. The second-order valence-corrected chi connectivity index (χ2v) is 7.65. The fourth-order valence-electron chi connectivity index (χ4n) is 2.91. The minimum Gasteiger partial charge on any atom is -0.336 e. The summed E-state index contributed by atoms with van der Waals surface area (Å²) in [5.74, 6) is -0.157. The van der Waals surface area contributed by atoms with E-state index in [0.717, 1.165) is 30.0 Å². The monoisotopic (exact) mass is 333 g/mol. The van der Waals surface area contributed by atoms with Crippen molar-refractivity contribution in [3.63, 3.8) is 0 Å². The lowest BCUT2D eigenvalue weighted by Gasteiger charge is -2.32. The summed E-state index contributed by atoms with van der Waals surface area (Å²) in [6, 6.07) is 11.0. The SMILES string of the molecule is CS(=O)(=O)N[C@@H]1CCCN(C(=O)c2ccc3ccccc3n2)C1. The molecule has 1 fully saturated rings. The first-order valence-corrected chi connectivity index (χ1v) is 9.44. The van der Waals surface area contributed by atoms with E-state index < -0.39 is 10.0 Å². The Labute approximate surface area is 135 Å². The minimum absolute atomic E-state index is 0.157. The highest BCUT2D eigenvalue weighted by Crippen LogP contribution is 2.16. The summed E-state index contributed by atoms with van der Waals surface area (Å²) in [6.45, 7) is 0.996. The first-order valence-electron chi connectivity index (χ1n) is 7.55. The van der Waals surface area contributed by atoms with Crippen LogP contribution in [0.25, 0.3) is 10.9 Å². The van der Waals surface area contributed by atoms with Crippen LogP contribution in [0.2, 0.25) is 0 Å². The van der Waals surface area contributed by atoms with Gasteiger partial charge in [0.15, 0.2) is 0 Å². The highest BCUT2D eigenvalue weighted by molar-refractivity contribution is 7.88. The van der Waals surface area contributed by atoms with E-state index in [0.29, 0.717) is 18.8 Å². The van der Waals surface area contributed by atoms with Gasteiger partial charge in [0.05, 0.1) is 11.8 Å². The predicted molar refractivity (Wildman–Crippen MR) is 88.6 cm³/mol. The van der Waals surface area contributed by atoms with Crippen LogP contribution >= 0.6 is 0 Å². The van der Waals surface area contributed by atoms with Gasteiger partial charge in [0, 0.05) is 24.5 Å². The van der Waals surface area contributed by atoms with Crippen molar-refractivity contribution in [1.82, 2.24) is 14.6 Å². The summed E-state index contributed by atoms with van der Waals surface area (Å²) >= 11 is 0. The van der Waals surface area contributed by atoms with Gasteiger partial charge >= 0.3 is 0 Å². The quantitative estimate of drug-likeness (QED) is 0.920. The molecule has 1 aromatic carbocycles. The highest BCUT2D eigenvalue weighted by Gasteiger charge is 2.26. The number of benzene rings is 1. The van der Waals surface area contributed by atoms with Gasteiger partial charge in [0.1, 0.15) is 5.69 Å². The highest BCUT2D eigenvalue weighted by atomic mass is 32.2. The molecule has 0 radical (unpaired) electrons. The standard InChI is InChI=1S/C16H19N3O3S/c1-23(21,22)18-13-6-4-10-19(11-13)16(20)15-9-8-12-5-2-3-7-14(12)17-15/h2-3,5,7-9,13,18H,4,6,10-11H2,1H3/t13-/m1/s1. The number of piperidine rings is 1. The van der Waals surface area contributed by atoms with Gasteiger partial charge in [-0.2, -0.15) is 0 Å². The number of aromatic nitrogens is 1. The Bertz CT molecular complexity index is 835. The molecule has 1 amide bonds. The second-order valence-electron chi connectivity index (χ2n) is 5.87. The molecule has 0 saturated carbocycles. The normalized spacial score (nSPS) is 19.0. The van der Waals surface area contributed by atoms with E-state index in [1.807, 2.05) is 30.3 Å². The van der Waals surface area contributed by atoms with Crippen molar-refractivity contribution in [3.05, 3.63) is 42.1 Å². The predicted octanol–water partition coefficient (Wildman–Crippen LogP) is 1.39. The smallest absolute Gasteiger partial charge is 0.272 e. The average molecular weight is 333 g/mol. The Morgan fingerprint density at radius 3 is 2.83 bits per heavy atom. The molecule has 1 aliphatic heterocycles. The van der Waals surface area contributed by atoms with Crippen LogP contribution in [0, 0.1) is 0 Å². The fraction of sp³-hybridized carbons (Fsp3) is 0.375. The van der Waals surface area contributed by atoms with Gasteiger partial charge in [-0.3, -0.25) is 4.79 Å². The van der Waals surface area contributed by atoms with Gasteiger partial charge in [-0.25, -0.2) is 18.1 Å². The molecule has 2 heterocycles. The lowest BCUT2D eigenvalue weighted by atomic mass is 10.1. The third-order valence-electron chi connectivity index (χ3n) is 3.91. The van der Waals surface area contributed by atoms with Crippen molar-refractivity contribution in [1.29, 1.82) is 0 Å². The Morgan fingerprint density at radius 2 is 2.04 bits per heavy atom. The molecule has 2 aromatic rings. The Hall–Kier alpha value is -1.99. The number of fused-ring (bicyclic) bond motifs is 1.